The van der Waals surface area contributed by atoms with Gasteiger partial charge in [0.1, 0.15) is 6.10 Å². The van der Waals surface area contributed by atoms with E-state index in [-0.39, 0.29) is 18.6 Å². The third kappa shape index (κ3) is 5.94. The lowest BCUT2D eigenvalue weighted by molar-refractivity contribution is -0.131. The monoisotopic (exact) mass is 203 g/mol. The van der Waals surface area contributed by atoms with Gasteiger partial charge in [0.05, 0.1) is 0 Å². The number of nitrogens with one attached hydrogen (secondary N) is 1. The van der Waals surface area contributed by atoms with E-state index in [1.165, 1.54) is 0 Å². The predicted molar refractivity (Wildman–Crippen MR) is 55.0 cm³/mol. The summed E-state index contributed by atoms with van der Waals surface area (Å²) in [6, 6.07) is 0. The lowest BCUT2D eigenvalue weighted by Gasteiger charge is -2.14. The first kappa shape index (κ1) is 13.4. The van der Waals surface area contributed by atoms with Crippen molar-refractivity contribution in [3.05, 3.63) is 0 Å². The Morgan fingerprint density at radius 1 is 1.50 bits per heavy atom. The highest BCUT2D eigenvalue weighted by Crippen LogP contribution is 1.98. The van der Waals surface area contributed by atoms with Gasteiger partial charge >= 0.3 is 0 Å². The maximum Gasteiger partial charge on any atom is 0.248 e. The zero-order valence-electron chi connectivity index (χ0n) is 9.25. The van der Waals surface area contributed by atoms with Crippen LogP contribution in [0.2, 0.25) is 0 Å². The highest BCUT2D eigenvalue weighted by molar-refractivity contribution is 5.80. The fourth-order valence-electron chi connectivity index (χ4n) is 1.07. The molecule has 1 amide bonds. The van der Waals surface area contributed by atoms with Crippen molar-refractivity contribution in [1.29, 1.82) is 0 Å². The van der Waals surface area contributed by atoms with E-state index in [0.29, 0.717) is 25.5 Å². The third-order valence-corrected chi connectivity index (χ3v) is 2.03. The Hall–Kier alpha value is -0.610. The summed E-state index contributed by atoms with van der Waals surface area (Å²) < 4.78 is 5.13. The van der Waals surface area contributed by atoms with Crippen LogP contribution in [0.3, 0.4) is 0 Å². The molecule has 0 bridgehead atoms. The molecular weight excluding hydrogens is 182 g/mol. The van der Waals surface area contributed by atoms with Crippen LogP contribution < -0.4 is 5.32 Å². The summed E-state index contributed by atoms with van der Waals surface area (Å²) in [6.45, 7) is 6.88. The van der Waals surface area contributed by atoms with Gasteiger partial charge in [-0.3, -0.25) is 4.79 Å². The van der Waals surface area contributed by atoms with Crippen molar-refractivity contribution in [2.24, 2.45) is 5.92 Å². The molecule has 4 heteroatoms. The number of hydrogen-bond acceptors (Lipinski definition) is 3. The normalized spacial score (nSPS) is 14.9. The van der Waals surface area contributed by atoms with Crippen molar-refractivity contribution in [2.45, 2.75) is 33.3 Å². The Morgan fingerprint density at radius 2 is 2.14 bits per heavy atom. The molecule has 14 heavy (non-hydrogen) atoms. The predicted octanol–water partition coefficient (Wildman–Crippen LogP) is 0.546. The van der Waals surface area contributed by atoms with Gasteiger partial charge in [0.2, 0.25) is 5.91 Å². The first-order valence-corrected chi connectivity index (χ1v) is 5.12. The van der Waals surface area contributed by atoms with Gasteiger partial charge in [0.15, 0.2) is 0 Å². The highest BCUT2D eigenvalue weighted by Gasteiger charge is 2.12. The van der Waals surface area contributed by atoms with Gasteiger partial charge in [-0.1, -0.05) is 6.92 Å². The number of carbonyl (C=O) groups is 1. The fourth-order valence-corrected chi connectivity index (χ4v) is 1.07. The molecule has 0 fully saturated rings. The second-order valence-electron chi connectivity index (χ2n) is 3.46. The van der Waals surface area contributed by atoms with Gasteiger partial charge in [-0.05, 0) is 26.2 Å². The van der Waals surface area contributed by atoms with Gasteiger partial charge in [-0.15, -0.1) is 0 Å². The van der Waals surface area contributed by atoms with E-state index in [4.69, 9.17) is 9.84 Å². The minimum atomic E-state index is -0.388. The van der Waals surface area contributed by atoms with Crippen molar-refractivity contribution in [2.75, 3.05) is 19.8 Å². The summed E-state index contributed by atoms with van der Waals surface area (Å²) in [7, 11) is 0. The average molecular weight is 203 g/mol. The number of ether oxygens (including phenoxy) is 1. The van der Waals surface area contributed by atoms with E-state index in [1.807, 2.05) is 13.8 Å². The van der Waals surface area contributed by atoms with Crippen LogP contribution in [0.1, 0.15) is 27.2 Å². The average Bonchev–Trinajstić information content (AvgIpc) is 2.15. The number of carbonyl (C=O) groups excluding carboxylic acids is 1. The molecule has 0 radical (unpaired) electrons. The molecule has 0 aromatic rings. The molecule has 0 aromatic heterocycles. The Balaban J connectivity index is 3.61. The zero-order chi connectivity index (χ0) is 11.0. The summed E-state index contributed by atoms with van der Waals surface area (Å²) in [6.07, 6.45) is 0.324. The molecule has 0 aliphatic heterocycles. The Morgan fingerprint density at radius 3 is 2.64 bits per heavy atom. The van der Waals surface area contributed by atoms with E-state index >= 15 is 0 Å². The zero-order valence-corrected chi connectivity index (χ0v) is 9.25. The number of aliphatic hydroxyl groups excluding tert-OH is 1. The minimum Gasteiger partial charge on any atom is -0.396 e. The van der Waals surface area contributed by atoms with Gasteiger partial charge in [0.25, 0.3) is 0 Å². The molecule has 0 saturated carbocycles. The van der Waals surface area contributed by atoms with Crippen molar-refractivity contribution >= 4 is 5.91 Å². The minimum absolute atomic E-state index is 0.0864. The van der Waals surface area contributed by atoms with E-state index < -0.39 is 0 Å². The maximum absolute atomic E-state index is 11.3. The van der Waals surface area contributed by atoms with Gasteiger partial charge < -0.3 is 15.2 Å². The molecule has 0 aliphatic rings. The lowest BCUT2D eigenvalue weighted by atomic mass is 10.1. The van der Waals surface area contributed by atoms with Gasteiger partial charge in [0, 0.05) is 19.8 Å². The molecule has 4 nitrogen and oxygen atoms in total. The molecule has 0 rings (SSSR count). The first-order chi connectivity index (χ1) is 6.61. The summed E-state index contributed by atoms with van der Waals surface area (Å²) in [5.74, 6) is 0.217. The molecule has 2 N–H and O–H groups in total. The second kappa shape index (κ2) is 7.76. The molecule has 2 unspecified atom stereocenters. The highest BCUT2D eigenvalue weighted by atomic mass is 16.5. The molecule has 0 aliphatic carbocycles. The number of rotatable bonds is 7. The number of amides is 1. The smallest absolute Gasteiger partial charge is 0.248 e. The molecular formula is C10H21NO3. The number of aliphatic hydroxyl groups is 1. The van der Waals surface area contributed by atoms with E-state index in [0.717, 1.165) is 0 Å². The Kier molecular flexibility index (Phi) is 7.42. The van der Waals surface area contributed by atoms with Crippen molar-refractivity contribution < 1.29 is 14.6 Å². The molecule has 0 spiro atoms. The van der Waals surface area contributed by atoms with Crippen molar-refractivity contribution in [1.82, 2.24) is 5.32 Å². The molecule has 84 valence electrons. The van der Waals surface area contributed by atoms with Crippen LogP contribution in [0.15, 0.2) is 0 Å². The van der Waals surface area contributed by atoms with E-state index in [1.54, 1.807) is 6.92 Å². The van der Waals surface area contributed by atoms with Crippen molar-refractivity contribution in [3.63, 3.8) is 0 Å². The van der Waals surface area contributed by atoms with Crippen molar-refractivity contribution in [3.8, 4) is 0 Å². The topological polar surface area (TPSA) is 58.6 Å². The Labute approximate surface area is 85.6 Å². The van der Waals surface area contributed by atoms with Gasteiger partial charge in [-0.2, -0.15) is 0 Å². The van der Waals surface area contributed by atoms with Crippen LogP contribution in [0.5, 0.6) is 0 Å². The van der Waals surface area contributed by atoms with Crippen LogP contribution in [0, 0.1) is 5.92 Å². The maximum atomic E-state index is 11.3. The Bertz CT molecular complexity index is 161. The van der Waals surface area contributed by atoms with Crippen LogP contribution in [0.4, 0.5) is 0 Å². The fraction of sp³-hybridized carbons (Fsp3) is 0.900. The molecule has 0 saturated heterocycles. The van der Waals surface area contributed by atoms with Crippen LogP contribution >= 0.6 is 0 Å². The second-order valence-corrected chi connectivity index (χ2v) is 3.46. The summed E-state index contributed by atoms with van der Waals surface area (Å²) in [5.41, 5.74) is 0. The quantitative estimate of drug-likeness (QED) is 0.635. The molecule has 0 heterocycles. The first-order valence-electron chi connectivity index (χ1n) is 5.12. The van der Waals surface area contributed by atoms with E-state index in [9.17, 15) is 4.79 Å². The summed E-state index contributed by atoms with van der Waals surface area (Å²) >= 11 is 0. The van der Waals surface area contributed by atoms with Crippen LogP contribution in [-0.4, -0.2) is 36.9 Å². The molecule has 2 atom stereocenters. The third-order valence-electron chi connectivity index (χ3n) is 2.03. The van der Waals surface area contributed by atoms with Crippen LogP contribution in [0.25, 0.3) is 0 Å². The molecule has 0 aromatic carbocycles. The largest absolute Gasteiger partial charge is 0.396 e. The van der Waals surface area contributed by atoms with E-state index in [2.05, 4.69) is 5.32 Å². The summed E-state index contributed by atoms with van der Waals surface area (Å²) in [5, 5.41) is 11.4. The lowest BCUT2D eigenvalue weighted by Crippen LogP contribution is -2.37. The number of hydrogen-bond donors (Lipinski definition) is 2. The van der Waals surface area contributed by atoms with Crippen LogP contribution in [-0.2, 0) is 9.53 Å². The SMILES string of the molecule is CCOC(C)C(=O)NCC(C)CCO. The standard InChI is InChI=1S/C10H21NO3/c1-4-14-9(3)10(13)11-7-8(2)5-6-12/h8-9,12H,4-7H2,1-3H3,(H,11,13). The van der Waals surface area contributed by atoms with Gasteiger partial charge in [-0.25, -0.2) is 0 Å². The summed E-state index contributed by atoms with van der Waals surface area (Å²) in [4.78, 5) is 11.3.